The minimum Gasteiger partial charge on any atom is -0.479 e. The number of nitrogens with one attached hydrogen (secondary N) is 1. The Bertz CT molecular complexity index is 1300. The summed E-state index contributed by atoms with van der Waals surface area (Å²) in [6, 6.07) is 9.98. The summed E-state index contributed by atoms with van der Waals surface area (Å²) in [6.45, 7) is 2.80. The van der Waals surface area contributed by atoms with Crippen LogP contribution in [0, 0.1) is 0 Å². The summed E-state index contributed by atoms with van der Waals surface area (Å²) in [7, 11) is 3.54. The zero-order chi connectivity index (χ0) is 21.4. The number of hydrogen-bond acceptors (Lipinski definition) is 7. The fraction of sp³-hybridized carbons (Fsp3) is 0.182. The van der Waals surface area contributed by atoms with Crippen molar-refractivity contribution in [3.63, 3.8) is 0 Å². The van der Waals surface area contributed by atoms with Crippen molar-refractivity contribution in [1.82, 2.24) is 39.7 Å². The van der Waals surface area contributed by atoms with E-state index in [1.807, 2.05) is 71.5 Å². The molecule has 1 aromatic carbocycles. The van der Waals surface area contributed by atoms with Crippen molar-refractivity contribution < 1.29 is 4.74 Å². The Kier molecular flexibility index (Phi) is 4.62. The maximum Gasteiger partial charge on any atom is 0.253 e. The number of aromatic nitrogens is 6. The number of allylic oxidation sites excluding steroid dienone is 2. The fourth-order valence-corrected chi connectivity index (χ4v) is 3.55. The molecule has 0 atom stereocenters. The lowest BCUT2D eigenvalue weighted by Crippen LogP contribution is -2.30. The highest BCUT2D eigenvalue weighted by Gasteiger charge is 2.20. The second-order valence-corrected chi connectivity index (χ2v) is 7.08. The van der Waals surface area contributed by atoms with Crippen molar-refractivity contribution in [2.45, 2.75) is 13.5 Å². The zero-order valence-corrected chi connectivity index (χ0v) is 17.5. The molecule has 31 heavy (non-hydrogen) atoms. The van der Waals surface area contributed by atoms with Crippen LogP contribution < -0.4 is 10.2 Å². The number of benzene rings is 1. The lowest BCUT2D eigenvalue weighted by Gasteiger charge is -2.22. The Morgan fingerprint density at radius 3 is 2.71 bits per heavy atom. The molecule has 0 amide bonds. The van der Waals surface area contributed by atoms with Gasteiger partial charge < -0.3 is 9.30 Å². The summed E-state index contributed by atoms with van der Waals surface area (Å²) in [5, 5.41) is 6.46. The molecule has 0 bridgehead atoms. The first-order valence-electron chi connectivity index (χ1n) is 9.98. The maximum absolute atomic E-state index is 5.54. The number of rotatable bonds is 5. The lowest BCUT2D eigenvalue weighted by molar-refractivity contribution is 0.393. The Balaban J connectivity index is 1.70. The van der Waals surface area contributed by atoms with Gasteiger partial charge in [0, 0.05) is 26.0 Å². The highest BCUT2D eigenvalue weighted by molar-refractivity contribution is 5.85. The third kappa shape index (κ3) is 3.29. The largest absolute Gasteiger partial charge is 0.479 e. The molecular weight excluding hydrogens is 392 g/mol. The quantitative estimate of drug-likeness (QED) is 0.537. The molecule has 5 rings (SSSR count). The first kappa shape index (κ1) is 18.9. The van der Waals surface area contributed by atoms with E-state index in [0.717, 1.165) is 34.5 Å². The Hall–Kier alpha value is -4.14. The van der Waals surface area contributed by atoms with Crippen LogP contribution >= 0.6 is 0 Å². The van der Waals surface area contributed by atoms with Gasteiger partial charge in [-0.3, -0.25) is 10.4 Å². The number of imidazole rings is 1. The highest BCUT2D eigenvalue weighted by Crippen LogP contribution is 2.30. The average molecular weight is 414 g/mol. The summed E-state index contributed by atoms with van der Waals surface area (Å²) in [6.07, 6.45) is 9.53. The number of aryl methyl sites for hydroxylation is 1. The van der Waals surface area contributed by atoms with E-state index in [2.05, 4.69) is 22.4 Å². The maximum atomic E-state index is 5.54. The molecule has 1 aliphatic heterocycles. The van der Waals surface area contributed by atoms with Crippen LogP contribution in [0.15, 0.2) is 61.2 Å². The molecule has 1 aliphatic rings. The van der Waals surface area contributed by atoms with Crippen LogP contribution in [0.25, 0.3) is 33.9 Å². The van der Waals surface area contributed by atoms with Gasteiger partial charge in [-0.05, 0) is 24.6 Å². The van der Waals surface area contributed by atoms with Crippen molar-refractivity contribution in [3.05, 3.63) is 66.9 Å². The second kappa shape index (κ2) is 7.60. The Morgan fingerprint density at radius 2 is 1.97 bits per heavy atom. The van der Waals surface area contributed by atoms with E-state index in [1.54, 1.807) is 18.1 Å². The van der Waals surface area contributed by atoms with Gasteiger partial charge in [0.2, 0.25) is 5.88 Å². The van der Waals surface area contributed by atoms with E-state index in [1.165, 1.54) is 0 Å². The van der Waals surface area contributed by atoms with E-state index in [4.69, 9.17) is 14.7 Å². The molecule has 0 radical (unpaired) electrons. The number of hydrogen-bond donors (Lipinski definition) is 1. The summed E-state index contributed by atoms with van der Waals surface area (Å²) < 4.78 is 9.18. The minimum atomic E-state index is 0.443. The van der Waals surface area contributed by atoms with Crippen molar-refractivity contribution in [3.8, 4) is 23.0 Å². The van der Waals surface area contributed by atoms with Crippen molar-refractivity contribution in [2.75, 3.05) is 14.2 Å². The van der Waals surface area contributed by atoms with Crippen molar-refractivity contribution >= 4 is 16.9 Å². The van der Waals surface area contributed by atoms with Crippen LogP contribution in [0.2, 0.25) is 0 Å². The van der Waals surface area contributed by atoms with Crippen LogP contribution in [-0.2, 0) is 6.54 Å². The molecule has 0 saturated heterocycles. The standard InChI is InChI=1S/C22H22N8O/c1-4-29-14-23-19-18(17-11-8-12-28(2)26-17)24-22(25-20(19)29)30-13-16(21(27-30)31-3)15-9-6-5-7-10-15/h5-14,26H,4H2,1-3H3. The Labute approximate surface area is 179 Å². The molecule has 3 aromatic heterocycles. The minimum absolute atomic E-state index is 0.443. The SMILES string of the molecule is CCn1cnc2c(C3=CC=CN(C)N3)nc(-n3cc(-c4ccccc4)c(OC)n3)nc21. The molecule has 0 spiro atoms. The van der Waals surface area contributed by atoms with Gasteiger partial charge in [0.15, 0.2) is 5.65 Å². The van der Waals surface area contributed by atoms with Gasteiger partial charge in [-0.25, -0.2) is 14.6 Å². The summed E-state index contributed by atoms with van der Waals surface area (Å²) in [5.41, 5.74) is 8.20. The number of nitrogens with zero attached hydrogens (tertiary/aromatic N) is 7. The first-order chi connectivity index (χ1) is 15.2. The number of fused-ring (bicyclic) bond motifs is 1. The molecule has 0 aliphatic carbocycles. The molecule has 4 aromatic rings. The van der Waals surface area contributed by atoms with E-state index in [-0.39, 0.29) is 0 Å². The summed E-state index contributed by atoms with van der Waals surface area (Å²) >= 11 is 0. The van der Waals surface area contributed by atoms with Gasteiger partial charge in [0.25, 0.3) is 5.95 Å². The molecule has 0 fully saturated rings. The topological polar surface area (TPSA) is 85.9 Å². The van der Waals surface area contributed by atoms with E-state index >= 15 is 0 Å². The molecular formula is C22H22N8O. The fourth-order valence-electron chi connectivity index (χ4n) is 3.55. The molecule has 1 N–H and O–H groups in total. The smallest absolute Gasteiger partial charge is 0.253 e. The van der Waals surface area contributed by atoms with Gasteiger partial charge in [-0.1, -0.05) is 30.3 Å². The summed E-state index contributed by atoms with van der Waals surface area (Å²) in [5.74, 6) is 0.955. The first-order valence-corrected chi connectivity index (χ1v) is 9.98. The predicted molar refractivity (Wildman–Crippen MR) is 118 cm³/mol. The molecule has 9 nitrogen and oxygen atoms in total. The van der Waals surface area contributed by atoms with E-state index in [9.17, 15) is 0 Å². The van der Waals surface area contributed by atoms with Gasteiger partial charge >= 0.3 is 0 Å². The van der Waals surface area contributed by atoms with Crippen LogP contribution in [0.4, 0.5) is 0 Å². The normalized spacial score (nSPS) is 13.4. The zero-order valence-electron chi connectivity index (χ0n) is 17.5. The second-order valence-electron chi connectivity index (χ2n) is 7.08. The van der Waals surface area contributed by atoms with Gasteiger partial charge in [0.05, 0.1) is 24.7 Å². The van der Waals surface area contributed by atoms with Crippen LogP contribution in [0.5, 0.6) is 5.88 Å². The number of hydrazine groups is 1. The predicted octanol–water partition coefficient (Wildman–Crippen LogP) is 3.01. The average Bonchev–Trinajstić information content (AvgIpc) is 3.43. The third-order valence-electron chi connectivity index (χ3n) is 5.08. The monoisotopic (exact) mass is 414 g/mol. The van der Waals surface area contributed by atoms with Crippen LogP contribution in [0.3, 0.4) is 0 Å². The molecule has 0 unspecified atom stereocenters. The van der Waals surface area contributed by atoms with E-state index < -0.39 is 0 Å². The molecule has 156 valence electrons. The molecule has 4 heterocycles. The van der Waals surface area contributed by atoms with Gasteiger partial charge in [0.1, 0.15) is 11.2 Å². The van der Waals surface area contributed by atoms with E-state index in [0.29, 0.717) is 17.5 Å². The van der Waals surface area contributed by atoms with Gasteiger partial charge in [-0.15, -0.1) is 5.10 Å². The van der Waals surface area contributed by atoms with Crippen molar-refractivity contribution in [1.29, 1.82) is 0 Å². The molecule has 9 heteroatoms. The van der Waals surface area contributed by atoms with Crippen molar-refractivity contribution in [2.24, 2.45) is 0 Å². The van der Waals surface area contributed by atoms with Crippen LogP contribution in [-0.4, -0.2) is 48.5 Å². The lowest BCUT2D eigenvalue weighted by atomic mass is 10.1. The third-order valence-corrected chi connectivity index (χ3v) is 5.08. The number of methoxy groups -OCH3 is 1. The highest BCUT2D eigenvalue weighted by atomic mass is 16.5. The summed E-state index contributed by atoms with van der Waals surface area (Å²) in [4.78, 5) is 14.2. The number of ether oxygens (including phenoxy) is 1. The van der Waals surface area contributed by atoms with Crippen LogP contribution in [0.1, 0.15) is 12.6 Å². The molecule has 0 saturated carbocycles. The van der Waals surface area contributed by atoms with Gasteiger partial charge in [-0.2, -0.15) is 4.98 Å². The Morgan fingerprint density at radius 1 is 1.13 bits per heavy atom.